The van der Waals surface area contributed by atoms with E-state index < -0.39 is 10.8 Å². The maximum atomic E-state index is 13.6. The van der Waals surface area contributed by atoms with Crippen molar-refractivity contribution in [1.29, 1.82) is 0 Å². The van der Waals surface area contributed by atoms with Gasteiger partial charge in [-0.1, -0.05) is 55.8 Å². The van der Waals surface area contributed by atoms with Gasteiger partial charge in [-0.15, -0.1) is 0 Å². The molecule has 0 aromatic heterocycles. The number of hydrogen-bond donors (Lipinski definition) is 0. The molecule has 0 spiro atoms. The molecule has 4 rings (SSSR count). The molecule has 32 heavy (non-hydrogen) atoms. The Hall–Kier alpha value is -3.25. The van der Waals surface area contributed by atoms with Crippen LogP contribution in [-0.2, 0) is 17.3 Å². The lowest BCUT2D eigenvalue weighted by Gasteiger charge is -2.24. The van der Waals surface area contributed by atoms with Crippen molar-refractivity contribution in [2.45, 2.75) is 36.1 Å². The number of hydrogen-bond acceptors (Lipinski definition) is 3. The fourth-order valence-electron chi connectivity index (χ4n) is 3.84. The Bertz CT molecular complexity index is 1180. The molecular formula is C26H26N2O3S. The van der Waals surface area contributed by atoms with Crippen LogP contribution in [0.15, 0.2) is 82.6 Å². The van der Waals surface area contributed by atoms with Gasteiger partial charge in [-0.2, -0.15) is 0 Å². The molecule has 0 saturated carbocycles. The maximum Gasteiger partial charge on any atom is 0.259 e. The third kappa shape index (κ3) is 4.23. The van der Waals surface area contributed by atoms with E-state index in [0.717, 1.165) is 18.4 Å². The number of nitrogens with zero attached hydrogens (tertiary/aromatic N) is 2. The van der Waals surface area contributed by atoms with Gasteiger partial charge in [-0.05, 0) is 42.3 Å². The van der Waals surface area contributed by atoms with Crippen LogP contribution in [0.2, 0.25) is 0 Å². The summed E-state index contributed by atoms with van der Waals surface area (Å²) in [4.78, 5) is 31.0. The lowest BCUT2D eigenvalue weighted by molar-refractivity contribution is 0.0792. The standard InChI is InChI=1S/C26H26N2O3S/c1-3-4-16-27(2)25(29)20-14-15-24-22(17-20)28(18-19-10-6-5-7-11-19)26(30)21-12-8-9-13-23(21)32(24)31/h5-15,17H,3-4,16,18H2,1-2H3. The third-order valence-corrected chi connectivity index (χ3v) is 7.14. The monoisotopic (exact) mass is 446 g/mol. The third-order valence-electron chi connectivity index (χ3n) is 5.64. The lowest BCUT2D eigenvalue weighted by atomic mass is 10.1. The predicted octanol–water partition coefficient (Wildman–Crippen LogP) is 4.89. The zero-order chi connectivity index (χ0) is 22.7. The van der Waals surface area contributed by atoms with Gasteiger partial charge in [-0.25, -0.2) is 4.21 Å². The summed E-state index contributed by atoms with van der Waals surface area (Å²) < 4.78 is 13.5. The Kier molecular flexibility index (Phi) is 6.51. The first-order valence-electron chi connectivity index (χ1n) is 10.8. The second kappa shape index (κ2) is 9.49. The summed E-state index contributed by atoms with van der Waals surface area (Å²) in [6.07, 6.45) is 1.92. The summed E-state index contributed by atoms with van der Waals surface area (Å²) in [6, 6.07) is 21.8. The normalized spacial score (nSPS) is 15.0. The summed E-state index contributed by atoms with van der Waals surface area (Å²) in [7, 11) is 0.251. The molecule has 0 saturated heterocycles. The van der Waals surface area contributed by atoms with Crippen LogP contribution < -0.4 is 4.90 Å². The number of fused-ring (bicyclic) bond motifs is 2. The van der Waals surface area contributed by atoms with Crippen molar-refractivity contribution >= 4 is 28.3 Å². The van der Waals surface area contributed by atoms with E-state index in [1.165, 1.54) is 0 Å². The quantitative estimate of drug-likeness (QED) is 0.542. The Balaban J connectivity index is 1.82. The van der Waals surface area contributed by atoms with Gasteiger partial charge in [0.1, 0.15) is 0 Å². The molecule has 1 aliphatic rings. The molecule has 0 radical (unpaired) electrons. The number of anilines is 1. The van der Waals surface area contributed by atoms with Crippen LogP contribution in [0.1, 0.15) is 46.0 Å². The number of carbonyl (C=O) groups excluding carboxylic acids is 2. The first-order chi connectivity index (χ1) is 15.5. The molecule has 0 N–H and O–H groups in total. The highest BCUT2D eigenvalue weighted by molar-refractivity contribution is 7.85. The lowest BCUT2D eigenvalue weighted by Crippen LogP contribution is -2.31. The van der Waals surface area contributed by atoms with Crippen LogP contribution in [0.4, 0.5) is 5.69 Å². The van der Waals surface area contributed by atoms with Gasteiger partial charge >= 0.3 is 0 Å². The largest absolute Gasteiger partial charge is 0.342 e. The number of benzene rings is 3. The smallest absolute Gasteiger partial charge is 0.259 e. The average molecular weight is 447 g/mol. The van der Waals surface area contributed by atoms with Crippen molar-refractivity contribution in [3.8, 4) is 0 Å². The minimum Gasteiger partial charge on any atom is -0.342 e. The topological polar surface area (TPSA) is 57.7 Å². The second-order valence-corrected chi connectivity index (χ2v) is 9.32. The van der Waals surface area contributed by atoms with Gasteiger partial charge < -0.3 is 9.80 Å². The average Bonchev–Trinajstić information content (AvgIpc) is 2.92. The SMILES string of the molecule is CCCCN(C)C(=O)c1ccc2c(c1)N(Cc1ccccc1)C(=O)c1ccccc1S2=O. The van der Waals surface area contributed by atoms with Gasteiger partial charge in [0, 0.05) is 19.2 Å². The second-order valence-electron chi connectivity index (χ2n) is 7.90. The highest BCUT2D eigenvalue weighted by atomic mass is 32.2. The maximum absolute atomic E-state index is 13.6. The van der Waals surface area contributed by atoms with Crippen molar-refractivity contribution in [1.82, 2.24) is 4.90 Å². The van der Waals surface area contributed by atoms with E-state index in [4.69, 9.17) is 0 Å². The Morgan fingerprint density at radius 3 is 2.44 bits per heavy atom. The minimum atomic E-state index is -1.53. The van der Waals surface area contributed by atoms with E-state index in [0.29, 0.717) is 39.7 Å². The summed E-state index contributed by atoms with van der Waals surface area (Å²) in [5.74, 6) is -0.332. The summed E-state index contributed by atoms with van der Waals surface area (Å²) >= 11 is 0. The molecule has 6 heteroatoms. The molecule has 3 aromatic rings. The molecule has 0 bridgehead atoms. The molecule has 1 unspecified atom stereocenters. The van der Waals surface area contributed by atoms with E-state index in [1.54, 1.807) is 59.3 Å². The predicted molar refractivity (Wildman–Crippen MR) is 126 cm³/mol. The fourth-order valence-corrected chi connectivity index (χ4v) is 5.18. The van der Waals surface area contributed by atoms with Crippen LogP contribution >= 0.6 is 0 Å². The van der Waals surface area contributed by atoms with Crippen LogP contribution in [0.25, 0.3) is 0 Å². The summed E-state index contributed by atoms with van der Waals surface area (Å²) in [6.45, 7) is 3.07. The Labute approximate surface area is 191 Å². The van der Waals surface area contributed by atoms with Crippen molar-refractivity contribution in [3.05, 3.63) is 89.5 Å². The minimum absolute atomic E-state index is 0.110. The van der Waals surface area contributed by atoms with Gasteiger partial charge in [0.25, 0.3) is 11.8 Å². The molecule has 0 fully saturated rings. The number of amides is 2. The Morgan fingerprint density at radius 1 is 0.969 bits per heavy atom. The van der Waals surface area contributed by atoms with Crippen LogP contribution in [0.5, 0.6) is 0 Å². The summed E-state index contributed by atoms with van der Waals surface area (Å²) in [5.41, 5.74) is 2.37. The first kappa shape index (κ1) is 22.0. The zero-order valence-electron chi connectivity index (χ0n) is 18.3. The van der Waals surface area contributed by atoms with E-state index >= 15 is 0 Å². The van der Waals surface area contributed by atoms with Crippen molar-refractivity contribution < 1.29 is 13.8 Å². The summed E-state index contributed by atoms with van der Waals surface area (Å²) in [5, 5.41) is 0. The van der Waals surface area contributed by atoms with Crippen molar-refractivity contribution in [3.63, 3.8) is 0 Å². The van der Waals surface area contributed by atoms with Crippen molar-refractivity contribution in [2.24, 2.45) is 0 Å². The Morgan fingerprint density at radius 2 is 1.69 bits per heavy atom. The molecule has 3 aromatic carbocycles. The molecule has 1 heterocycles. The molecule has 164 valence electrons. The number of carbonyl (C=O) groups is 2. The molecule has 5 nitrogen and oxygen atoms in total. The number of rotatable bonds is 6. The van der Waals surface area contributed by atoms with E-state index in [-0.39, 0.29) is 11.8 Å². The van der Waals surface area contributed by atoms with Gasteiger partial charge in [0.2, 0.25) is 0 Å². The van der Waals surface area contributed by atoms with E-state index in [1.807, 2.05) is 30.3 Å². The van der Waals surface area contributed by atoms with E-state index in [2.05, 4.69) is 6.92 Å². The van der Waals surface area contributed by atoms with Gasteiger partial charge in [0.15, 0.2) is 0 Å². The van der Waals surface area contributed by atoms with Crippen LogP contribution in [0.3, 0.4) is 0 Å². The highest BCUT2D eigenvalue weighted by Gasteiger charge is 2.31. The van der Waals surface area contributed by atoms with Crippen LogP contribution in [-0.4, -0.2) is 34.5 Å². The fraction of sp³-hybridized carbons (Fsp3) is 0.231. The molecular weight excluding hydrogens is 420 g/mol. The number of unbranched alkanes of at least 4 members (excludes halogenated alkanes) is 1. The van der Waals surface area contributed by atoms with Gasteiger partial charge in [-0.3, -0.25) is 9.59 Å². The molecule has 1 aliphatic heterocycles. The molecule has 1 atom stereocenters. The highest BCUT2D eigenvalue weighted by Crippen LogP contribution is 2.36. The first-order valence-corrected chi connectivity index (χ1v) is 11.9. The zero-order valence-corrected chi connectivity index (χ0v) is 19.1. The molecule has 0 aliphatic carbocycles. The molecule has 2 amide bonds. The van der Waals surface area contributed by atoms with E-state index in [9.17, 15) is 13.8 Å². The van der Waals surface area contributed by atoms with Crippen molar-refractivity contribution in [2.75, 3.05) is 18.5 Å². The van der Waals surface area contributed by atoms with Gasteiger partial charge in [0.05, 0.1) is 38.4 Å². The van der Waals surface area contributed by atoms with Crippen LogP contribution in [0, 0.1) is 0 Å².